The van der Waals surface area contributed by atoms with Gasteiger partial charge in [-0.2, -0.15) is 0 Å². The molecule has 0 aliphatic carbocycles. The Kier molecular flexibility index (Phi) is 5.04. The number of ether oxygens (including phenoxy) is 1. The van der Waals surface area contributed by atoms with E-state index in [1.165, 1.54) is 0 Å². The number of carbonyl (C=O) groups is 1. The third-order valence-electron chi connectivity index (χ3n) is 1.26. The van der Waals surface area contributed by atoms with Crippen LogP contribution in [0.25, 0.3) is 0 Å². The Morgan fingerprint density at radius 3 is 2.54 bits per heavy atom. The summed E-state index contributed by atoms with van der Waals surface area (Å²) in [7, 11) is 0. The quantitative estimate of drug-likeness (QED) is 0.497. The van der Waals surface area contributed by atoms with Crippen molar-refractivity contribution in [2.75, 3.05) is 6.61 Å². The standard InChI is InChI=1S/C10H17NO2/c1-5-11-7-6-8-13-9(12)10(2,3)4/h5-7H,8H2,1-4H3/b7-6+,11-5?. The molecule has 0 aliphatic rings. The fraction of sp³-hybridized carbons (Fsp3) is 0.600. The number of aliphatic imine (C=N–C) groups is 1. The Bertz CT molecular complexity index is 211. The minimum absolute atomic E-state index is 0.197. The van der Waals surface area contributed by atoms with Crippen molar-refractivity contribution in [1.82, 2.24) is 0 Å². The third kappa shape index (κ3) is 6.08. The molecule has 0 saturated heterocycles. The second kappa shape index (κ2) is 5.51. The number of esters is 1. The van der Waals surface area contributed by atoms with Crippen LogP contribution in [0, 0.1) is 5.41 Å². The van der Waals surface area contributed by atoms with Crippen molar-refractivity contribution in [1.29, 1.82) is 0 Å². The lowest BCUT2D eigenvalue weighted by atomic mass is 9.97. The molecule has 3 heteroatoms. The van der Waals surface area contributed by atoms with Crippen LogP contribution in [0.4, 0.5) is 0 Å². The van der Waals surface area contributed by atoms with Crippen molar-refractivity contribution in [3.63, 3.8) is 0 Å². The molecule has 0 saturated carbocycles. The molecule has 13 heavy (non-hydrogen) atoms. The van der Waals surface area contributed by atoms with Crippen LogP contribution in [0.2, 0.25) is 0 Å². The molecule has 0 heterocycles. The first kappa shape index (κ1) is 11.9. The molecular weight excluding hydrogens is 166 g/mol. The molecule has 0 aromatic rings. The largest absolute Gasteiger partial charge is 0.461 e. The smallest absolute Gasteiger partial charge is 0.311 e. The first-order chi connectivity index (χ1) is 5.98. The number of carbonyl (C=O) groups excluding carboxylic acids is 1. The second-order valence-electron chi connectivity index (χ2n) is 3.64. The summed E-state index contributed by atoms with van der Waals surface area (Å²) in [6.45, 7) is 7.58. The summed E-state index contributed by atoms with van der Waals surface area (Å²) >= 11 is 0. The Morgan fingerprint density at radius 1 is 1.46 bits per heavy atom. The van der Waals surface area contributed by atoms with Gasteiger partial charge in [0, 0.05) is 12.4 Å². The maximum atomic E-state index is 11.2. The zero-order valence-corrected chi connectivity index (χ0v) is 8.70. The van der Waals surface area contributed by atoms with Crippen LogP contribution < -0.4 is 0 Å². The average Bonchev–Trinajstić information content (AvgIpc) is 2.02. The van der Waals surface area contributed by atoms with E-state index in [1.807, 2.05) is 27.7 Å². The van der Waals surface area contributed by atoms with Crippen molar-refractivity contribution in [2.24, 2.45) is 10.4 Å². The third-order valence-corrected chi connectivity index (χ3v) is 1.26. The molecule has 0 rings (SSSR count). The van der Waals surface area contributed by atoms with E-state index >= 15 is 0 Å². The molecule has 3 nitrogen and oxygen atoms in total. The lowest BCUT2D eigenvalue weighted by Gasteiger charge is -2.15. The monoisotopic (exact) mass is 183 g/mol. The normalized spacial score (nSPS) is 12.6. The molecule has 0 spiro atoms. The molecule has 0 radical (unpaired) electrons. The van der Waals surface area contributed by atoms with Gasteiger partial charge in [-0.25, -0.2) is 0 Å². The van der Waals surface area contributed by atoms with Crippen molar-refractivity contribution >= 4 is 12.2 Å². The van der Waals surface area contributed by atoms with Gasteiger partial charge in [0.05, 0.1) is 5.41 Å². The lowest BCUT2D eigenvalue weighted by molar-refractivity contribution is -0.151. The molecular formula is C10H17NO2. The van der Waals surface area contributed by atoms with E-state index in [1.54, 1.807) is 18.5 Å². The minimum Gasteiger partial charge on any atom is -0.461 e. The summed E-state index contributed by atoms with van der Waals surface area (Å²) < 4.78 is 4.95. The van der Waals surface area contributed by atoms with Gasteiger partial charge in [0.15, 0.2) is 0 Å². The number of hydrogen-bond acceptors (Lipinski definition) is 3. The number of hydrogen-bond donors (Lipinski definition) is 0. The van der Waals surface area contributed by atoms with E-state index in [9.17, 15) is 4.79 Å². The lowest BCUT2D eigenvalue weighted by Crippen LogP contribution is -2.22. The molecule has 0 aromatic carbocycles. The van der Waals surface area contributed by atoms with Gasteiger partial charge in [0.2, 0.25) is 0 Å². The Hall–Kier alpha value is -1.12. The summed E-state index contributed by atoms with van der Waals surface area (Å²) in [4.78, 5) is 15.0. The first-order valence-electron chi connectivity index (χ1n) is 4.28. The van der Waals surface area contributed by atoms with Crippen molar-refractivity contribution in [3.8, 4) is 0 Å². The summed E-state index contributed by atoms with van der Waals surface area (Å²) in [5.74, 6) is -0.197. The molecule has 0 amide bonds. The Labute approximate surface area is 79.5 Å². The first-order valence-corrected chi connectivity index (χ1v) is 4.28. The Morgan fingerprint density at radius 2 is 2.08 bits per heavy atom. The van der Waals surface area contributed by atoms with Gasteiger partial charge in [-0.3, -0.25) is 9.79 Å². The van der Waals surface area contributed by atoms with Gasteiger partial charge in [-0.05, 0) is 33.8 Å². The molecule has 0 atom stereocenters. The summed E-state index contributed by atoms with van der Waals surface area (Å²) in [5.41, 5.74) is -0.429. The van der Waals surface area contributed by atoms with Crippen LogP contribution in [0.15, 0.2) is 17.3 Å². The second-order valence-corrected chi connectivity index (χ2v) is 3.64. The SMILES string of the molecule is CC=N/C=C/COC(=O)C(C)(C)C. The predicted octanol–water partition coefficient (Wildman–Crippen LogP) is 2.18. The zero-order chi connectivity index (χ0) is 10.3. The van der Waals surface area contributed by atoms with Crippen LogP contribution in [0.1, 0.15) is 27.7 Å². The molecule has 0 N–H and O–H groups in total. The van der Waals surface area contributed by atoms with Crippen LogP contribution in [-0.4, -0.2) is 18.8 Å². The maximum Gasteiger partial charge on any atom is 0.311 e. The number of rotatable bonds is 3. The highest BCUT2D eigenvalue weighted by Crippen LogP contribution is 2.14. The fourth-order valence-electron chi connectivity index (χ4n) is 0.530. The van der Waals surface area contributed by atoms with Crippen molar-refractivity contribution < 1.29 is 9.53 Å². The van der Waals surface area contributed by atoms with E-state index in [0.717, 1.165) is 0 Å². The summed E-state index contributed by atoms with van der Waals surface area (Å²) in [5, 5.41) is 0. The molecule has 0 aromatic heterocycles. The van der Waals surface area contributed by atoms with Crippen LogP contribution >= 0.6 is 0 Å². The minimum atomic E-state index is -0.429. The van der Waals surface area contributed by atoms with Crippen LogP contribution in [0.3, 0.4) is 0 Å². The molecule has 74 valence electrons. The van der Waals surface area contributed by atoms with E-state index in [-0.39, 0.29) is 12.6 Å². The average molecular weight is 183 g/mol. The highest BCUT2D eigenvalue weighted by Gasteiger charge is 2.22. The summed E-state index contributed by atoms with van der Waals surface area (Å²) in [6, 6.07) is 0. The van der Waals surface area contributed by atoms with Gasteiger partial charge in [-0.1, -0.05) is 0 Å². The van der Waals surface area contributed by atoms with Crippen molar-refractivity contribution in [2.45, 2.75) is 27.7 Å². The van der Waals surface area contributed by atoms with Gasteiger partial charge in [0.1, 0.15) is 6.61 Å². The summed E-state index contributed by atoms with van der Waals surface area (Å²) in [6.07, 6.45) is 4.97. The maximum absolute atomic E-state index is 11.2. The van der Waals surface area contributed by atoms with E-state index in [4.69, 9.17) is 4.74 Å². The zero-order valence-electron chi connectivity index (χ0n) is 8.70. The van der Waals surface area contributed by atoms with Crippen LogP contribution in [-0.2, 0) is 9.53 Å². The van der Waals surface area contributed by atoms with Crippen molar-refractivity contribution in [3.05, 3.63) is 12.3 Å². The highest BCUT2D eigenvalue weighted by molar-refractivity contribution is 5.75. The van der Waals surface area contributed by atoms with E-state index in [0.29, 0.717) is 0 Å². The van der Waals surface area contributed by atoms with Gasteiger partial charge in [0.25, 0.3) is 0 Å². The van der Waals surface area contributed by atoms with Gasteiger partial charge < -0.3 is 4.74 Å². The molecule has 0 aliphatic heterocycles. The predicted molar refractivity (Wildman–Crippen MR) is 53.7 cm³/mol. The fourth-order valence-corrected chi connectivity index (χ4v) is 0.530. The van der Waals surface area contributed by atoms with E-state index < -0.39 is 5.41 Å². The molecule has 0 unspecified atom stereocenters. The highest BCUT2D eigenvalue weighted by atomic mass is 16.5. The molecule has 0 fully saturated rings. The van der Waals surface area contributed by atoms with Gasteiger partial charge >= 0.3 is 5.97 Å². The molecule has 0 bridgehead atoms. The Balaban J connectivity index is 3.72. The number of nitrogens with zero attached hydrogens (tertiary/aromatic N) is 1. The topological polar surface area (TPSA) is 38.7 Å². The van der Waals surface area contributed by atoms with Gasteiger partial charge in [-0.15, -0.1) is 0 Å². The van der Waals surface area contributed by atoms with Crippen LogP contribution in [0.5, 0.6) is 0 Å². The van der Waals surface area contributed by atoms with E-state index in [2.05, 4.69) is 4.99 Å².